The number of anilines is 2. The number of nitrogens with one attached hydrogen (secondary N) is 2. The van der Waals surface area contributed by atoms with Crippen molar-refractivity contribution in [3.63, 3.8) is 0 Å². The monoisotopic (exact) mass is 436 g/mol. The van der Waals surface area contributed by atoms with Crippen molar-refractivity contribution in [1.29, 1.82) is 0 Å². The van der Waals surface area contributed by atoms with Gasteiger partial charge in [-0.25, -0.2) is 9.37 Å². The van der Waals surface area contributed by atoms with Gasteiger partial charge < -0.3 is 25.4 Å². The molecule has 3 aromatic rings. The zero-order valence-electron chi connectivity index (χ0n) is 17.7. The van der Waals surface area contributed by atoms with E-state index in [0.29, 0.717) is 23.5 Å². The molecule has 1 atom stereocenters. The van der Waals surface area contributed by atoms with Gasteiger partial charge in [-0.05, 0) is 55.0 Å². The summed E-state index contributed by atoms with van der Waals surface area (Å²) in [5, 5.41) is 16.2. The number of carbonyl (C=O) groups is 1. The molecule has 1 amide bonds. The number of halogens is 1. The van der Waals surface area contributed by atoms with Crippen LogP contribution in [0.1, 0.15) is 22.3 Å². The molecule has 0 radical (unpaired) electrons. The lowest BCUT2D eigenvalue weighted by atomic mass is 10.1. The summed E-state index contributed by atoms with van der Waals surface area (Å²) in [6.07, 6.45) is 2.47. The number of phenols is 1. The maximum Gasteiger partial charge on any atom is 0.257 e. The lowest BCUT2D eigenvalue weighted by molar-refractivity contribution is 0.102. The van der Waals surface area contributed by atoms with Crippen molar-refractivity contribution < 1.29 is 19.0 Å². The van der Waals surface area contributed by atoms with E-state index in [0.717, 1.165) is 30.9 Å². The summed E-state index contributed by atoms with van der Waals surface area (Å²) < 4.78 is 18.5. The largest absolute Gasteiger partial charge is 0.508 e. The van der Waals surface area contributed by atoms with Gasteiger partial charge in [0.15, 0.2) is 0 Å². The lowest BCUT2D eigenvalue weighted by Crippen LogP contribution is -2.32. The number of methoxy groups -OCH3 is 1. The predicted molar refractivity (Wildman–Crippen MR) is 121 cm³/mol. The van der Waals surface area contributed by atoms with Gasteiger partial charge in [0.05, 0.1) is 12.7 Å². The Kier molecular flexibility index (Phi) is 6.51. The van der Waals surface area contributed by atoms with Crippen LogP contribution in [0.2, 0.25) is 0 Å². The molecule has 0 saturated carbocycles. The molecule has 7 nitrogen and oxygen atoms in total. The molecule has 1 aliphatic rings. The van der Waals surface area contributed by atoms with E-state index in [1.165, 1.54) is 18.3 Å². The molecule has 0 aliphatic carbocycles. The highest BCUT2D eigenvalue weighted by Crippen LogP contribution is 2.24. The van der Waals surface area contributed by atoms with Gasteiger partial charge >= 0.3 is 0 Å². The molecule has 0 spiro atoms. The van der Waals surface area contributed by atoms with E-state index in [1.54, 1.807) is 37.4 Å². The molecule has 1 aromatic heterocycles. The first-order chi connectivity index (χ1) is 15.5. The molecule has 2 heterocycles. The van der Waals surface area contributed by atoms with Gasteiger partial charge in [-0.1, -0.05) is 6.07 Å². The van der Waals surface area contributed by atoms with E-state index >= 15 is 0 Å². The van der Waals surface area contributed by atoms with Crippen molar-refractivity contribution in [2.24, 2.45) is 0 Å². The van der Waals surface area contributed by atoms with Gasteiger partial charge in [0.1, 0.15) is 23.1 Å². The molecule has 1 saturated heterocycles. The molecular weight excluding hydrogens is 411 g/mol. The standard InChI is InChI=1S/C24H25FN4O3/c1-32-21-6-7-22(30)17(11-21)14-26-20-9-10-29(15-20)23-8-5-16(13-27-23)24(31)28-19-4-2-3-18(25)12-19/h2-8,11-13,20,26,30H,9-10,14-15H2,1H3,(H,28,31)/t20-/m0/s1. The van der Waals surface area contributed by atoms with E-state index < -0.39 is 5.82 Å². The SMILES string of the molecule is COc1ccc(O)c(CN[C@H]2CCN(c3ccc(C(=O)Nc4cccc(F)c4)cn3)C2)c1. The van der Waals surface area contributed by atoms with Crippen LogP contribution in [0.15, 0.2) is 60.8 Å². The number of aromatic nitrogens is 1. The third-order valence-corrected chi connectivity index (χ3v) is 5.47. The highest BCUT2D eigenvalue weighted by Gasteiger charge is 2.23. The quantitative estimate of drug-likeness (QED) is 0.525. The van der Waals surface area contributed by atoms with Gasteiger partial charge in [0.25, 0.3) is 5.91 Å². The summed E-state index contributed by atoms with van der Waals surface area (Å²) in [5.41, 5.74) is 1.59. The number of benzene rings is 2. The highest BCUT2D eigenvalue weighted by molar-refractivity contribution is 6.04. The van der Waals surface area contributed by atoms with Crippen molar-refractivity contribution in [2.45, 2.75) is 19.0 Å². The average molecular weight is 436 g/mol. The van der Waals surface area contributed by atoms with Crippen LogP contribution in [0.25, 0.3) is 0 Å². The summed E-state index contributed by atoms with van der Waals surface area (Å²) in [5.74, 6) is 0.991. The number of rotatable bonds is 7. The van der Waals surface area contributed by atoms with Crippen LogP contribution in [-0.2, 0) is 6.54 Å². The Morgan fingerprint density at radius 2 is 2.12 bits per heavy atom. The van der Waals surface area contributed by atoms with Crippen LogP contribution >= 0.6 is 0 Å². The molecule has 3 N–H and O–H groups in total. The Morgan fingerprint density at radius 1 is 1.25 bits per heavy atom. The molecule has 4 rings (SSSR count). The van der Waals surface area contributed by atoms with Gasteiger partial charge in [0, 0.05) is 43.1 Å². The van der Waals surface area contributed by atoms with Gasteiger partial charge in [-0.2, -0.15) is 0 Å². The molecule has 8 heteroatoms. The van der Waals surface area contributed by atoms with Gasteiger partial charge in [-0.3, -0.25) is 4.79 Å². The number of nitrogens with zero attached hydrogens (tertiary/aromatic N) is 2. The van der Waals surface area contributed by atoms with Crippen LogP contribution in [-0.4, -0.2) is 42.2 Å². The molecule has 32 heavy (non-hydrogen) atoms. The zero-order valence-corrected chi connectivity index (χ0v) is 17.7. The Bertz CT molecular complexity index is 1090. The molecule has 0 unspecified atom stereocenters. The minimum atomic E-state index is -0.407. The third kappa shape index (κ3) is 5.15. The predicted octanol–water partition coefficient (Wildman–Crippen LogP) is 3.56. The number of aromatic hydroxyl groups is 1. The van der Waals surface area contributed by atoms with Crippen LogP contribution in [0.5, 0.6) is 11.5 Å². The fraction of sp³-hybridized carbons (Fsp3) is 0.250. The van der Waals surface area contributed by atoms with E-state index in [9.17, 15) is 14.3 Å². The van der Waals surface area contributed by atoms with Crippen molar-refractivity contribution in [1.82, 2.24) is 10.3 Å². The Balaban J connectivity index is 1.32. The number of ether oxygens (including phenoxy) is 1. The molecule has 1 aliphatic heterocycles. The summed E-state index contributed by atoms with van der Waals surface area (Å²) in [4.78, 5) is 19.0. The molecule has 0 bridgehead atoms. The van der Waals surface area contributed by atoms with E-state index in [-0.39, 0.29) is 17.7 Å². The summed E-state index contributed by atoms with van der Waals surface area (Å²) >= 11 is 0. The smallest absolute Gasteiger partial charge is 0.257 e. The third-order valence-electron chi connectivity index (χ3n) is 5.47. The number of hydrogen-bond donors (Lipinski definition) is 3. The molecule has 166 valence electrons. The van der Waals surface area contributed by atoms with Crippen molar-refractivity contribution in [2.75, 3.05) is 30.4 Å². The summed E-state index contributed by atoms with van der Waals surface area (Å²) in [6, 6.07) is 14.7. The topological polar surface area (TPSA) is 86.7 Å². The maximum absolute atomic E-state index is 13.3. The maximum atomic E-state index is 13.3. The van der Waals surface area contributed by atoms with Crippen molar-refractivity contribution >= 4 is 17.4 Å². The van der Waals surface area contributed by atoms with Crippen molar-refractivity contribution in [3.05, 3.63) is 77.7 Å². The molecule has 1 fully saturated rings. The Labute approximate surface area is 185 Å². The van der Waals surface area contributed by atoms with E-state index in [2.05, 4.69) is 20.5 Å². The Hall–Kier alpha value is -3.65. The molecule has 2 aromatic carbocycles. The second kappa shape index (κ2) is 9.65. The highest BCUT2D eigenvalue weighted by atomic mass is 19.1. The normalized spacial score (nSPS) is 15.6. The van der Waals surface area contributed by atoms with E-state index in [1.807, 2.05) is 12.1 Å². The first kappa shape index (κ1) is 21.6. The Morgan fingerprint density at radius 3 is 2.88 bits per heavy atom. The number of phenolic OH excluding ortho intramolecular Hbond substituents is 1. The molecular formula is C24H25FN4O3. The zero-order chi connectivity index (χ0) is 22.5. The second-order valence-corrected chi connectivity index (χ2v) is 7.68. The summed E-state index contributed by atoms with van der Waals surface area (Å²) in [6.45, 7) is 2.14. The fourth-order valence-electron chi connectivity index (χ4n) is 3.70. The average Bonchev–Trinajstić information content (AvgIpc) is 3.28. The number of amides is 1. The van der Waals surface area contributed by atoms with Crippen LogP contribution < -0.4 is 20.3 Å². The second-order valence-electron chi connectivity index (χ2n) is 7.68. The van der Waals surface area contributed by atoms with Crippen LogP contribution in [0, 0.1) is 5.82 Å². The van der Waals surface area contributed by atoms with Gasteiger partial charge in [-0.15, -0.1) is 0 Å². The van der Waals surface area contributed by atoms with Crippen molar-refractivity contribution in [3.8, 4) is 11.5 Å². The van der Waals surface area contributed by atoms with E-state index in [4.69, 9.17) is 4.74 Å². The van der Waals surface area contributed by atoms with Gasteiger partial charge in [0.2, 0.25) is 0 Å². The minimum absolute atomic E-state index is 0.238. The van der Waals surface area contributed by atoms with Crippen LogP contribution in [0.4, 0.5) is 15.9 Å². The summed E-state index contributed by atoms with van der Waals surface area (Å²) in [7, 11) is 1.60. The number of pyridine rings is 1. The lowest BCUT2D eigenvalue weighted by Gasteiger charge is -2.18. The number of carbonyl (C=O) groups excluding carboxylic acids is 1. The minimum Gasteiger partial charge on any atom is -0.508 e. The number of hydrogen-bond acceptors (Lipinski definition) is 6. The first-order valence-electron chi connectivity index (χ1n) is 10.4. The van der Waals surface area contributed by atoms with Crippen LogP contribution in [0.3, 0.4) is 0 Å². The fourth-order valence-corrected chi connectivity index (χ4v) is 3.70. The first-order valence-corrected chi connectivity index (χ1v) is 10.4.